The summed E-state index contributed by atoms with van der Waals surface area (Å²) in [4.78, 5) is 10.6. The van der Waals surface area contributed by atoms with Crippen LogP contribution in [-0.2, 0) is 11.2 Å². The average Bonchev–Trinajstić information content (AvgIpc) is 2.80. The standard InChI is InChI=1S/C10H14O2.C10H22.C6H13NO/c1-4-8-5-6-9(11-2)7-10(8)12-3;1-4-6-8-10(3)9-7-5-2;1-3-5(2)6(8)4-7/h5-7H,4H2,1-3H3;10H,4-9H2,1-3H3;5H,3-4,7H2,1-2H3. The van der Waals surface area contributed by atoms with E-state index in [0.717, 1.165) is 30.3 Å². The molecule has 1 rings (SSSR count). The first kappa shape index (κ1) is 30.6. The van der Waals surface area contributed by atoms with Crippen LogP contribution in [0.1, 0.15) is 92.1 Å². The summed E-state index contributed by atoms with van der Waals surface area (Å²) in [6.45, 7) is 13.1. The zero-order chi connectivity index (χ0) is 23.4. The van der Waals surface area contributed by atoms with E-state index >= 15 is 0 Å². The Hall–Kier alpha value is -1.55. The number of benzene rings is 1. The fourth-order valence-corrected chi connectivity index (χ4v) is 2.82. The second kappa shape index (κ2) is 20.7. The highest BCUT2D eigenvalue weighted by molar-refractivity contribution is 5.82. The molecular formula is C26H49NO3. The minimum Gasteiger partial charge on any atom is -0.497 e. The number of aryl methyl sites for hydroxylation is 1. The Balaban J connectivity index is 0. The van der Waals surface area contributed by atoms with Crippen molar-refractivity contribution in [3.63, 3.8) is 0 Å². The van der Waals surface area contributed by atoms with Crippen molar-refractivity contribution >= 4 is 5.78 Å². The Morgan fingerprint density at radius 1 is 0.967 bits per heavy atom. The monoisotopic (exact) mass is 423 g/mol. The quantitative estimate of drug-likeness (QED) is 0.400. The van der Waals surface area contributed by atoms with Gasteiger partial charge in [0, 0.05) is 12.0 Å². The topological polar surface area (TPSA) is 61.6 Å². The van der Waals surface area contributed by atoms with E-state index in [1.165, 1.54) is 44.1 Å². The maximum absolute atomic E-state index is 10.6. The average molecular weight is 424 g/mol. The largest absolute Gasteiger partial charge is 0.497 e. The number of carbonyl (C=O) groups excluding carboxylic acids is 1. The van der Waals surface area contributed by atoms with Crippen LogP contribution < -0.4 is 15.2 Å². The van der Waals surface area contributed by atoms with Gasteiger partial charge in [-0.25, -0.2) is 0 Å². The van der Waals surface area contributed by atoms with Crippen molar-refractivity contribution in [1.29, 1.82) is 0 Å². The SMILES string of the molecule is CCC(C)C(=O)CN.CCCCC(C)CCCC.CCc1ccc(OC)cc1OC. The molecule has 1 atom stereocenters. The molecule has 0 aliphatic rings. The number of hydrogen-bond donors (Lipinski definition) is 1. The smallest absolute Gasteiger partial charge is 0.149 e. The molecule has 0 heterocycles. The van der Waals surface area contributed by atoms with Crippen molar-refractivity contribution in [1.82, 2.24) is 0 Å². The molecule has 0 spiro atoms. The van der Waals surface area contributed by atoms with E-state index in [0.29, 0.717) is 0 Å². The third kappa shape index (κ3) is 15.3. The zero-order valence-electron chi connectivity index (χ0n) is 21.1. The van der Waals surface area contributed by atoms with Crippen molar-refractivity contribution in [2.24, 2.45) is 17.6 Å². The summed E-state index contributed by atoms with van der Waals surface area (Å²) in [5.74, 6) is 3.02. The van der Waals surface area contributed by atoms with Crippen molar-refractivity contribution in [2.45, 2.75) is 92.9 Å². The molecule has 1 unspecified atom stereocenters. The third-order valence-corrected chi connectivity index (χ3v) is 5.34. The molecule has 1 aromatic carbocycles. The zero-order valence-corrected chi connectivity index (χ0v) is 21.1. The van der Waals surface area contributed by atoms with Crippen molar-refractivity contribution in [3.8, 4) is 11.5 Å². The number of rotatable bonds is 12. The molecule has 2 N–H and O–H groups in total. The van der Waals surface area contributed by atoms with E-state index in [9.17, 15) is 4.79 Å². The molecule has 0 aromatic heterocycles. The molecule has 0 radical (unpaired) electrons. The minimum absolute atomic E-state index is 0.153. The minimum atomic E-state index is 0.153. The molecule has 176 valence electrons. The highest BCUT2D eigenvalue weighted by atomic mass is 16.5. The van der Waals surface area contributed by atoms with Gasteiger partial charge in [-0.3, -0.25) is 4.79 Å². The lowest BCUT2D eigenvalue weighted by atomic mass is 9.98. The van der Waals surface area contributed by atoms with Gasteiger partial charge in [0.05, 0.1) is 20.8 Å². The normalized spacial score (nSPS) is 11.0. The van der Waals surface area contributed by atoms with E-state index in [1.807, 2.05) is 32.0 Å². The lowest BCUT2D eigenvalue weighted by Crippen LogP contribution is -2.20. The summed E-state index contributed by atoms with van der Waals surface area (Å²) in [5.41, 5.74) is 6.31. The number of hydrogen-bond acceptors (Lipinski definition) is 4. The fraction of sp³-hybridized carbons (Fsp3) is 0.731. The van der Waals surface area contributed by atoms with Gasteiger partial charge in [0.25, 0.3) is 0 Å². The summed E-state index contributed by atoms with van der Waals surface area (Å²) in [5, 5.41) is 0. The van der Waals surface area contributed by atoms with Crippen LogP contribution in [0.2, 0.25) is 0 Å². The van der Waals surface area contributed by atoms with Gasteiger partial charge < -0.3 is 15.2 Å². The maximum Gasteiger partial charge on any atom is 0.149 e. The van der Waals surface area contributed by atoms with Crippen LogP contribution >= 0.6 is 0 Å². The molecule has 0 saturated heterocycles. The number of unbranched alkanes of at least 4 members (excludes halogenated alkanes) is 2. The molecule has 0 fully saturated rings. The van der Waals surface area contributed by atoms with Crippen LogP contribution in [0.3, 0.4) is 0 Å². The van der Waals surface area contributed by atoms with Gasteiger partial charge in [0.2, 0.25) is 0 Å². The summed E-state index contributed by atoms with van der Waals surface area (Å²) < 4.78 is 10.3. The molecule has 0 bridgehead atoms. The number of methoxy groups -OCH3 is 2. The van der Waals surface area contributed by atoms with E-state index in [1.54, 1.807) is 14.2 Å². The van der Waals surface area contributed by atoms with Crippen molar-refractivity contribution < 1.29 is 14.3 Å². The first-order chi connectivity index (χ1) is 14.3. The molecule has 30 heavy (non-hydrogen) atoms. The summed E-state index contributed by atoms with van der Waals surface area (Å²) in [7, 11) is 3.33. The first-order valence-electron chi connectivity index (χ1n) is 11.8. The van der Waals surface area contributed by atoms with Gasteiger partial charge in [-0.05, 0) is 30.4 Å². The highest BCUT2D eigenvalue weighted by Gasteiger charge is 2.06. The Morgan fingerprint density at radius 3 is 1.87 bits per heavy atom. The number of ether oxygens (including phenoxy) is 2. The number of ketones is 1. The van der Waals surface area contributed by atoms with Crippen molar-refractivity contribution in [2.75, 3.05) is 20.8 Å². The molecule has 4 heteroatoms. The molecule has 4 nitrogen and oxygen atoms in total. The second-order valence-corrected chi connectivity index (χ2v) is 7.90. The van der Waals surface area contributed by atoms with Gasteiger partial charge in [0.15, 0.2) is 0 Å². The fourth-order valence-electron chi connectivity index (χ4n) is 2.82. The van der Waals surface area contributed by atoms with Crippen LogP contribution in [0, 0.1) is 11.8 Å². The molecule has 1 aromatic rings. The third-order valence-electron chi connectivity index (χ3n) is 5.34. The lowest BCUT2D eigenvalue weighted by molar-refractivity contribution is -0.121. The Bertz CT molecular complexity index is 523. The second-order valence-electron chi connectivity index (χ2n) is 7.90. The first-order valence-corrected chi connectivity index (χ1v) is 11.8. The lowest BCUT2D eigenvalue weighted by Gasteiger charge is -2.08. The van der Waals surface area contributed by atoms with Crippen LogP contribution in [0.5, 0.6) is 11.5 Å². The molecular weight excluding hydrogens is 374 g/mol. The van der Waals surface area contributed by atoms with Crippen LogP contribution in [0.4, 0.5) is 0 Å². The maximum atomic E-state index is 10.6. The van der Waals surface area contributed by atoms with Gasteiger partial charge in [-0.1, -0.05) is 86.1 Å². The van der Waals surface area contributed by atoms with Crippen LogP contribution in [-0.4, -0.2) is 26.5 Å². The van der Waals surface area contributed by atoms with E-state index in [2.05, 4.69) is 27.7 Å². The predicted octanol–water partition coefficient (Wildman–Crippen LogP) is 6.83. The van der Waals surface area contributed by atoms with Crippen LogP contribution in [0.15, 0.2) is 18.2 Å². The molecule has 0 saturated carbocycles. The Labute approximate surface area is 186 Å². The van der Waals surface area contributed by atoms with E-state index in [-0.39, 0.29) is 18.2 Å². The van der Waals surface area contributed by atoms with Crippen molar-refractivity contribution in [3.05, 3.63) is 23.8 Å². The number of Topliss-reactive ketones (excluding diaryl/α,β-unsaturated/α-hetero) is 1. The van der Waals surface area contributed by atoms with E-state index in [4.69, 9.17) is 15.2 Å². The predicted molar refractivity (Wildman–Crippen MR) is 131 cm³/mol. The number of carbonyl (C=O) groups is 1. The van der Waals surface area contributed by atoms with Gasteiger partial charge >= 0.3 is 0 Å². The summed E-state index contributed by atoms with van der Waals surface area (Å²) in [6, 6.07) is 5.87. The molecule has 0 aliphatic heterocycles. The Morgan fingerprint density at radius 2 is 1.53 bits per heavy atom. The van der Waals surface area contributed by atoms with Gasteiger partial charge in [-0.15, -0.1) is 0 Å². The highest BCUT2D eigenvalue weighted by Crippen LogP contribution is 2.24. The van der Waals surface area contributed by atoms with Gasteiger partial charge in [0.1, 0.15) is 17.3 Å². The molecule has 0 amide bonds. The summed E-state index contributed by atoms with van der Waals surface area (Å²) in [6.07, 6.45) is 10.3. The Kier molecular flexibility index (Phi) is 21.2. The summed E-state index contributed by atoms with van der Waals surface area (Å²) >= 11 is 0. The number of nitrogens with two attached hydrogens (primary N) is 1. The van der Waals surface area contributed by atoms with E-state index < -0.39 is 0 Å². The van der Waals surface area contributed by atoms with Gasteiger partial charge in [-0.2, -0.15) is 0 Å². The van der Waals surface area contributed by atoms with Crippen LogP contribution in [0.25, 0.3) is 0 Å². The molecule has 0 aliphatic carbocycles.